The molecule has 3 nitrogen and oxygen atoms in total. The second-order valence-electron chi connectivity index (χ2n) is 3.39. The summed E-state index contributed by atoms with van der Waals surface area (Å²) in [6, 6.07) is 0. The zero-order valence-corrected chi connectivity index (χ0v) is 9.02. The summed E-state index contributed by atoms with van der Waals surface area (Å²) in [6.45, 7) is 3.26. The van der Waals surface area contributed by atoms with Gasteiger partial charge in [-0.3, -0.25) is 14.8 Å². The number of hydrogen-bond acceptors (Lipinski definition) is 0. The van der Waals surface area contributed by atoms with Gasteiger partial charge in [-0.25, -0.2) is 0 Å². The molecule has 0 rings (SSSR count). The van der Waals surface area contributed by atoms with Gasteiger partial charge in [-0.15, -0.1) is 0 Å². The van der Waals surface area contributed by atoms with E-state index >= 15 is 0 Å². The Morgan fingerprint density at radius 3 is 2.25 bits per heavy atom. The van der Waals surface area contributed by atoms with Gasteiger partial charge in [-0.2, -0.15) is 0 Å². The first-order chi connectivity index (χ1) is 5.59. The Balaban J connectivity index is 3.91. The van der Waals surface area contributed by atoms with E-state index in [-0.39, 0.29) is 0 Å². The third-order valence-electron chi connectivity index (χ3n) is 1.66. The van der Waals surface area contributed by atoms with Crippen molar-refractivity contribution >= 4 is 5.96 Å². The highest BCUT2D eigenvalue weighted by atomic mass is 15.3. The minimum Gasteiger partial charge on any atom is -0.278 e. The van der Waals surface area contributed by atoms with Crippen LogP contribution in [0.2, 0.25) is 0 Å². The predicted molar refractivity (Wildman–Crippen MR) is 53.7 cm³/mol. The van der Waals surface area contributed by atoms with Crippen molar-refractivity contribution in [1.29, 1.82) is 0 Å². The molecule has 0 unspecified atom stereocenters. The molecule has 0 amide bonds. The van der Waals surface area contributed by atoms with Crippen molar-refractivity contribution in [2.75, 3.05) is 34.7 Å². The van der Waals surface area contributed by atoms with E-state index in [4.69, 9.17) is 0 Å². The molecule has 0 aromatic rings. The molecule has 0 aliphatic heterocycles. The maximum Gasteiger partial charge on any atom is 0.347 e. The number of guanidine groups is 1. The van der Waals surface area contributed by atoms with Gasteiger partial charge in [0.05, 0.1) is 34.7 Å². The first-order valence-electron chi connectivity index (χ1n) is 4.55. The van der Waals surface area contributed by atoms with E-state index < -0.39 is 0 Å². The molecule has 0 saturated heterocycles. The second-order valence-corrected chi connectivity index (χ2v) is 3.39. The summed E-state index contributed by atoms with van der Waals surface area (Å²) < 4.78 is 2.09. The van der Waals surface area contributed by atoms with Gasteiger partial charge in [0, 0.05) is 0 Å². The molecule has 0 aliphatic carbocycles. The fourth-order valence-electron chi connectivity index (χ4n) is 1.09. The number of nitrogens with one attached hydrogen (secondary N) is 1. The number of hydrogen-bond donors (Lipinski definition) is 1. The molecule has 0 atom stereocenters. The minimum absolute atomic E-state index is 1.06. The van der Waals surface area contributed by atoms with Gasteiger partial charge in [0.15, 0.2) is 0 Å². The van der Waals surface area contributed by atoms with Crippen LogP contribution >= 0.6 is 0 Å². The Kier molecular flexibility index (Phi) is 5.51. The number of rotatable bonds is 3. The van der Waals surface area contributed by atoms with Crippen LogP contribution in [-0.4, -0.2) is 50.2 Å². The molecule has 0 fully saturated rings. The third-order valence-corrected chi connectivity index (χ3v) is 1.66. The summed E-state index contributed by atoms with van der Waals surface area (Å²) in [5.74, 6) is 1.17. The molecule has 12 heavy (non-hydrogen) atoms. The van der Waals surface area contributed by atoms with Crippen LogP contribution in [0.4, 0.5) is 0 Å². The predicted octanol–water partition coefficient (Wildman–Crippen LogP) is 0.566. The van der Waals surface area contributed by atoms with Crippen LogP contribution < -0.4 is 5.32 Å². The van der Waals surface area contributed by atoms with Crippen LogP contribution in [-0.2, 0) is 0 Å². The van der Waals surface area contributed by atoms with Gasteiger partial charge < -0.3 is 0 Å². The highest BCUT2D eigenvalue weighted by molar-refractivity contribution is 5.74. The van der Waals surface area contributed by atoms with Crippen molar-refractivity contribution in [2.24, 2.45) is 0 Å². The molecule has 0 heterocycles. The summed E-state index contributed by atoms with van der Waals surface area (Å²) in [5.41, 5.74) is 0. The van der Waals surface area contributed by atoms with Gasteiger partial charge in [-0.1, -0.05) is 13.3 Å². The molecule has 0 aromatic carbocycles. The van der Waals surface area contributed by atoms with Crippen molar-refractivity contribution in [2.45, 2.75) is 19.8 Å². The maximum absolute atomic E-state index is 3.39. The Labute approximate surface area is 76.1 Å². The lowest BCUT2D eigenvalue weighted by atomic mass is 10.3. The second kappa shape index (κ2) is 5.86. The van der Waals surface area contributed by atoms with Crippen LogP contribution in [0.15, 0.2) is 0 Å². The molecule has 0 spiro atoms. The molecule has 0 radical (unpaired) electrons. The van der Waals surface area contributed by atoms with E-state index in [1.165, 1.54) is 18.8 Å². The lowest BCUT2D eigenvalue weighted by molar-refractivity contribution is -0.472. The topological polar surface area (TPSA) is 18.3 Å². The SMILES string of the molecule is CCCCNC(N(C)C)=[N+](C)C. The molecular formula is C9H22N3+. The van der Waals surface area contributed by atoms with Gasteiger partial charge in [-0.05, 0) is 6.42 Å². The highest BCUT2D eigenvalue weighted by Crippen LogP contribution is 1.84. The largest absolute Gasteiger partial charge is 0.347 e. The molecular weight excluding hydrogens is 150 g/mol. The van der Waals surface area contributed by atoms with E-state index in [2.05, 4.69) is 21.7 Å². The molecule has 0 aliphatic rings. The minimum atomic E-state index is 1.06. The smallest absolute Gasteiger partial charge is 0.278 e. The lowest BCUT2D eigenvalue weighted by Crippen LogP contribution is -2.42. The Morgan fingerprint density at radius 2 is 1.92 bits per heavy atom. The zero-order chi connectivity index (χ0) is 9.56. The van der Waals surface area contributed by atoms with Gasteiger partial charge >= 0.3 is 5.96 Å². The fraction of sp³-hybridized carbons (Fsp3) is 0.889. The first kappa shape index (κ1) is 11.3. The summed E-state index contributed by atoms with van der Waals surface area (Å²) in [6.07, 6.45) is 2.46. The standard InChI is InChI=1S/C9H21N3/c1-6-7-8-10-9(11(2)3)12(4)5/h6-8H2,1-5H3/p+1. The average Bonchev–Trinajstić information content (AvgIpc) is 1.96. The summed E-state index contributed by atoms with van der Waals surface area (Å²) in [4.78, 5) is 2.09. The van der Waals surface area contributed by atoms with E-state index in [1.807, 2.05) is 28.2 Å². The number of unbranched alkanes of at least 4 members (excludes halogenated alkanes) is 1. The maximum atomic E-state index is 3.39. The van der Waals surface area contributed by atoms with Gasteiger partial charge in [0.2, 0.25) is 0 Å². The van der Waals surface area contributed by atoms with Crippen LogP contribution in [0.25, 0.3) is 0 Å². The first-order valence-corrected chi connectivity index (χ1v) is 4.55. The molecule has 0 aromatic heterocycles. The molecule has 0 bridgehead atoms. The van der Waals surface area contributed by atoms with Crippen molar-refractivity contribution < 1.29 is 4.58 Å². The molecule has 0 saturated carbocycles. The zero-order valence-electron chi connectivity index (χ0n) is 9.02. The van der Waals surface area contributed by atoms with Crippen molar-refractivity contribution in [3.05, 3.63) is 0 Å². The normalized spacial score (nSPS) is 9.42. The monoisotopic (exact) mass is 172 g/mol. The Bertz CT molecular complexity index is 146. The van der Waals surface area contributed by atoms with Crippen LogP contribution in [0.3, 0.4) is 0 Å². The summed E-state index contributed by atoms with van der Waals surface area (Å²) in [5, 5.41) is 3.39. The highest BCUT2D eigenvalue weighted by Gasteiger charge is 2.08. The van der Waals surface area contributed by atoms with Crippen LogP contribution in [0.5, 0.6) is 0 Å². The average molecular weight is 172 g/mol. The Hall–Kier alpha value is -0.730. The van der Waals surface area contributed by atoms with Gasteiger partial charge in [0.25, 0.3) is 0 Å². The number of nitrogens with zero attached hydrogens (tertiary/aromatic N) is 2. The molecule has 1 N–H and O–H groups in total. The summed E-state index contributed by atoms with van der Waals surface area (Å²) >= 11 is 0. The van der Waals surface area contributed by atoms with Crippen LogP contribution in [0.1, 0.15) is 19.8 Å². The van der Waals surface area contributed by atoms with Crippen molar-refractivity contribution in [1.82, 2.24) is 10.2 Å². The lowest BCUT2D eigenvalue weighted by Gasteiger charge is -2.12. The van der Waals surface area contributed by atoms with E-state index in [0.717, 1.165) is 6.54 Å². The van der Waals surface area contributed by atoms with Crippen molar-refractivity contribution in [3.63, 3.8) is 0 Å². The summed E-state index contributed by atoms with van der Waals surface area (Å²) in [7, 11) is 8.20. The molecule has 72 valence electrons. The van der Waals surface area contributed by atoms with E-state index in [0.29, 0.717) is 0 Å². The van der Waals surface area contributed by atoms with Gasteiger partial charge in [0.1, 0.15) is 0 Å². The van der Waals surface area contributed by atoms with E-state index in [1.54, 1.807) is 0 Å². The van der Waals surface area contributed by atoms with E-state index in [9.17, 15) is 0 Å². The molecule has 3 heteroatoms. The quantitative estimate of drug-likeness (QED) is 0.290. The third kappa shape index (κ3) is 4.21. The fourth-order valence-corrected chi connectivity index (χ4v) is 1.09. The Morgan fingerprint density at radius 1 is 1.33 bits per heavy atom. The van der Waals surface area contributed by atoms with Crippen molar-refractivity contribution in [3.8, 4) is 0 Å². The van der Waals surface area contributed by atoms with Crippen LogP contribution in [0, 0.1) is 0 Å².